The van der Waals surface area contributed by atoms with Gasteiger partial charge >= 0.3 is 0 Å². The van der Waals surface area contributed by atoms with Gasteiger partial charge in [-0.3, -0.25) is 4.79 Å². The van der Waals surface area contributed by atoms with Crippen molar-refractivity contribution in [1.82, 2.24) is 5.32 Å². The maximum Gasteiger partial charge on any atom is 0.258 e. The van der Waals surface area contributed by atoms with Gasteiger partial charge in [0.1, 0.15) is 5.75 Å². The Hall–Kier alpha value is -2.40. The van der Waals surface area contributed by atoms with Gasteiger partial charge < -0.3 is 19.5 Å². The molecule has 0 bridgehead atoms. The third-order valence-corrected chi connectivity index (χ3v) is 4.30. The SMILES string of the molecule is COc1cc(Cl)c(CNC(=O)COc2ccc(C(C)C)cc2)cc1OC. The molecule has 1 N–H and O–H groups in total. The van der Waals surface area contributed by atoms with Crippen molar-refractivity contribution in [3.63, 3.8) is 0 Å². The van der Waals surface area contributed by atoms with E-state index in [0.717, 1.165) is 5.56 Å². The third kappa shape index (κ3) is 5.30. The highest BCUT2D eigenvalue weighted by Crippen LogP contribution is 2.32. The predicted molar refractivity (Wildman–Crippen MR) is 102 cm³/mol. The van der Waals surface area contributed by atoms with Crippen LogP contribution in [-0.4, -0.2) is 26.7 Å². The van der Waals surface area contributed by atoms with Crippen LogP contribution >= 0.6 is 11.6 Å². The highest BCUT2D eigenvalue weighted by molar-refractivity contribution is 6.31. The monoisotopic (exact) mass is 377 g/mol. The zero-order valence-electron chi connectivity index (χ0n) is 15.5. The van der Waals surface area contributed by atoms with Gasteiger partial charge in [-0.05, 0) is 35.2 Å². The van der Waals surface area contributed by atoms with Crippen molar-refractivity contribution in [2.75, 3.05) is 20.8 Å². The number of amides is 1. The standard InChI is InChI=1S/C20H24ClNO4/c1-13(2)14-5-7-16(8-6-14)26-12-20(23)22-11-15-9-18(24-3)19(25-4)10-17(15)21/h5-10,13H,11-12H2,1-4H3,(H,22,23). The molecule has 0 saturated heterocycles. The van der Waals surface area contributed by atoms with Gasteiger partial charge in [-0.2, -0.15) is 0 Å². The number of carbonyl (C=O) groups is 1. The van der Waals surface area contributed by atoms with Crippen molar-refractivity contribution in [3.8, 4) is 17.2 Å². The summed E-state index contributed by atoms with van der Waals surface area (Å²) in [5.41, 5.74) is 1.96. The zero-order valence-corrected chi connectivity index (χ0v) is 16.2. The molecule has 26 heavy (non-hydrogen) atoms. The molecule has 6 heteroatoms. The lowest BCUT2D eigenvalue weighted by Gasteiger charge is -2.13. The van der Waals surface area contributed by atoms with Crippen LogP contribution in [0.15, 0.2) is 36.4 Å². The molecule has 0 heterocycles. The Morgan fingerprint density at radius 2 is 1.69 bits per heavy atom. The van der Waals surface area contributed by atoms with Gasteiger partial charge in [0, 0.05) is 17.6 Å². The Morgan fingerprint density at radius 1 is 1.08 bits per heavy atom. The number of benzene rings is 2. The summed E-state index contributed by atoms with van der Waals surface area (Å²) in [6, 6.07) is 11.1. The highest BCUT2D eigenvalue weighted by Gasteiger charge is 2.11. The van der Waals surface area contributed by atoms with Crippen molar-refractivity contribution in [2.24, 2.45) is 0 Å². The number of nitrogens with one attached hydrogen (secondary N) is 1. The van der Waals surface area contributed by atoms with E-state index in [2.05, 4.69) is 19.2 Å². The summed E-state index contributed by atoms with van der Waals surface area (Å²) in [5.74, 6) is 1.99. The van der Waals surface area contributed by atoms with Crippen LogP contribution in [0.25, 0.3) is 0 Å². The Labute approximate surface area is 159 Å². The molecule has 5 nitrogen and oxygen atoms in total. The first-order valence-corrected chi connectivity index (χ1v) is 8.72. The quantitative estimate of drug-likeness (QED) is 0.749. The van der Waals surface area contributed by atoms with Crippen LogP contribution in [0.4, 0.5) is 0 Å². The van der Waals surface area contributed by atoms with Crippen LogP contribution in [0.5, 0.6) is 17.2 Å². The van der Waals surface area contributed by atoms with E-state index in [4.69, 9.17) is 25.8 Å². The molecule has 0 aromatic heterocycles. The largest absolute Gasteiger partial charge is 0.493 e. The summed E-state index contributed by atoms with van der Waals surface area (Å²) in [4.78, 5) is 12.0. The van der Waals surface area contributed by atoms with E-state index in [1.54, 1.807) is 26.4 Å². The normalized spacial score (nSPS) is 10.5. The van der Waals surface area contributed by atoms with Crippen molar-refractivity contribution >= 4 is 17.5 Å². The second-order valence-electron chi connectivity index (χ2n) is 6.09. The average molecular weight is 378 g/mol. The average Bonchev–Trinajstić information content (AvgIpc) is 2.65. The summed E-state index contributed by atoms with van der Waals surface area (Å²) < 4.78 is 16.0. The van der Waals surface area contributed by atoms with E-state index in [1.165, 1.54) is 5.56 Å². The molecule has 0 radical (unpaired) electrons. The summed E-state index contributed by atoms with van der Waals surface area (Å²) >= 11 is 6.22. The molecule has 2 rings (SSSR count). The fraction of sp³-hybridized carbons (Fsp3) is 0.350. The number of methoxy groups -OCH3 is 2. The molecule has 2 aromatic carbocycles. The topological polar surface area (TPSA) is 56.8 Å². The van der Waals surface area contributed by atoms with Gasteiger partial charge in [-0.15, -0.1) is 0 Å². The predicted octanol–water partition coefficient (Wildman–Crippen LogP) is 4.18. The highest BCUT2D eigenvalue weighted by atomic mass is 35.5. The third-order valence-electron chi connectivity index (χ3n) is 3.95. The summed E-state index contributed by atoms with van der Waals surface area (Å²) in [5, 5.41) is 3.28. The second kappa shape index (κ2) is 9.34. The van der Waals surface area contributed by atoms with Crippen molar-refractivity contribution < 1.29 is 19.0 Å². The maximum absolute atomic E-state index is 12.0. The van der Waals surface area contributed by atoms with E-state index >= 15 is 0 Å². The molecule has 0 aliphatic rings. The van der Waals surface area contributed by atoms with Gasteiger partial charge in [0.15, 0.2) is 18.1 Å². The van der Waals surface area contributed by atoms with Gasteiger partial charge in [0.05, 0.1) is 14.2 Å². The number of carbonyl (C=O) groups excluding carboxylic acids is 1. The smallest absolute Gasteiger partial charge is 0.258 e. The van der Waals surface area contributed by atoms with Crippen molar-refractivity contribution in [1.29, 1.82) is 0 Å². The Morgan fingerprint density at radius 3 is 2.27 bits per heavy atom. The molecular weight excluding hydrogens is 354 g/mol. The second-order valence-corrected chi connectivity index (χ2v) is 6.49. The van der Waals surface area contributed by atoms with E-state index in [0.29, 0.717) is 28.2 Å². The van der Waals surface area contributed by atoms with Crippen LogP contribution in [0, 0.1) is 0 Å². The van der Waals surface area contributed by atoms with Crippen LogP contribution in [0.2, 0.25) is 5.02 Å². The number of ether oxygens (including phenoxy) is 3. The molecule has 0 spiro atoms. The van der Waals surface area contributed by atoms with Crippen LogP contribution in [0.3, 0.4) is 0 Å². The fourth-order valence-electron chi connectivity index (χ4n) is 2.37. The minimum Gasteiger partial charge on any atom is -0.493 e. The molecule has 1 amide bonds. The summed E-state index contributed by atoms with van der Waals surface area (Å²) in [6.45, 7) is 4.46. The van der Waals surface area contributed by atoms with Gasteiger partial charge in [-0.25, -0.2) is 0 Å². The molecule has 0 aliphatic heterocycles. The molecule has 0 fully saturated rings. The first-order valence-electron chi connectivity index (χ1n) is 8.34. The first kappa shape index (κ1) is 19.9. The first-order chi connectivity index (χ1) is 12.4. The Balaban J connectivity index is 1.88. The molecule has 2 aromatic rings. The van der Waals surface area contributed by atoms with Crippen molar-refractivity contribution in [3.05, 3.63) is 52.5 Å². The van der Waals surface area contributed by atoms with E-state index < -0.39 is 0 Å². The maximum atomic E-state index is 12.0. The van der Waals surface area contributed by atoms with Crippen molar-refractivity contribution in [2.45, 2.75) is 26.3 Å². The number of hydrogen-bond acceptors (Lipinski definition) is 4. The van der Waals surface area contributed by atoms with Crippen LogP contribution in [-0.2, 0) is 11.3 Å². The lowest BCUT2D eigenvalue weighted by Crippen LogP contribution is -2.28. The lowest BCUT2D eigenvalue weighted by molar-refractivity contribution is -0.123. The van der Waals surface area contributed by atoms with Gasteiger partial charge in [0.2, 0.25) is 0 Å². The van der Waals surface area contributed by atoms with E-state index in [9.17, 15) is 4.79 Å². The Bertz CT molecular complexity index is 744. The molecule has 0 aliphatic carbocycles. The zero-order chi connectivity index (χ0) is 19.1. The van der Waals surface area contributed by atoms with E-state index in [-0.39, 0.29) is 19.1 Å². The number of hydrogen-bond donors (Lipinski definition) is 1. The number of rotatable bonds is 8. The lowest BCUT2D eigenvalue weighted by atomic mass is 10.0. The van der Waals surface area contributed by atoms with Gasteiger partial charge in [-0.1, -0.05) is 37.6 Å². The molecule has 140 valence electrons. The number of halogens is 1. The molecule has 0 unspecified atom stereocenters. The van der Waals surface area contributed by atoms with E-state index in [1.807, 2.05) is 24.3 Å². The molecule has 0 saturated carbocycles. The van der Waals surface area contributed by atoms with Crippen LogP contribution in [0.1, 0.15) is 30.9 Å². The van der Waals surface area contributed by atoms with Gasteiger partial charge in [0.25, 0.3) is 5.91 Å². The summed E-state index contributed by atoms with van der Waals surface area (Å²) in [7, 11) is 3.09. The Kier molecular flexibility index (Phi) is 7.16. The minimum absolute atomic E-state index is 0.0636. The fourth-order valence-corrected chi connectivity index (χ4v) is 2.59. The molecule has 0 atom stereocenters. The summed E-state index contributed by atoms with van der Waals surface area (Å²) in [6.07, 6.45) is 0. The van der Waals surface area contributed by atoms with Crippen LogP contribution < -0.4 is 19.5 Å². The molecular formula is C20H24ClNO4. The minimum atomic E-state index is -0.233.